The van der Waals surface area contributed by atoms with Crippen LogP contribution in [-0.2, 0) is 7.05 Å². The van der Waals surface area contributed by atoms with Crippen LogP contribution in [0.2, 0.25) is 0 Å². The fourth-order valence-corrected chi connectivity index (χ4v) is 3.19. The quantitative estimate of drug-likeness (QED) is 0.802. The monoisotopic (exact) mass is 299 g/mol. The molecule has 0 bridgehead atoms. The zero-order valence-electron chi connectivity index (χ0n) is 12.3. The number of aryl methyl sites for hydroxylation is 2. The van der Waals surface area contributed by atoms with Crippen LogP contribution < -0.4 is 10.5 Å². The van der Waals surface area contributed by atoms with E-state index in [1.165, 1.54) is 5.56 Å². The average Bonchev–Trinajstić information content (AvgIpc) is 3.05. The van der Waals surface area contributed by atoms with E-state index in [2.05, 4.69) is 30.2 Å². The molecule has 3 rings (SSSR count). The summed E-state index contributed by atoms with van der Waals surface area (Å²) in [6.07, 6.45) is 0. The molecule has 1 aromatic carbocycles. The molecule has 3 aromatic rings. The highest BCUT2D eigenvalue weighted by molar-refractivity contribution is 7.13. The Morgan fingerprint density at radius 3 is 2.76 bits per heavy atom. The van der Waals surface area contributed by atoms with Gasteiger partial charge in [-0.15, -0.1) is 11.3 Å². The van der Waals surface area contributed by atoms with Crippen molar-refractivity contribution in [2.45, 2.75) is 6.92 Å². The number of nitrogens with zero attached hydrogens (tertiary/aromatic N) is 2. The molecule has 108 valence electrons. The maximum atomic E-state index is 6.24. The van der Waals surface area contributed by atoms with E-state index in [0.717, 1.165) is 27.4 Å². The number of thiophene rings is 1. The molecule has 0 aliphatic rings. The van der Waals surface area contributed by atoms with Crippen molar-refractivity contribution in [1.29, 1.82) is 0 Å². The molecule has 0 fully saturated rings. The number of rotatable bonds is 3. The lowest BCUT2D eigenvalue weighted by molar-refractivity contribution is 0.417. The van der Waals surface area contributed by atoms with E-state index in [1.807, 2.05) is 24.6 Å². The average molecular weight is 299 g/mol. The molecule has 0 saturated heterocycles. The zero-order valence-corrected chi connectivity index (χ0v) is 13.1. The number of hydrogen-bond acceptors (Lipinski definition) is 4. The highest BCUT2D eigenvalue weighted by Gasteiger charge is 2.19. The minimum atomic E-state index is 0.669. The second-order valence-electron chi connectivity index (χ2n) is 4.95. The predicted molar refractivity (Wildman–Crippen MR) is 87.7 cm³/mol. The maximum absolute atomic E-state index is 6.24. The van der Waals surface area contributed by atoms with E-state index in [9.17, 15) is 0 Å². The summed E-state index contributed by atoms with van der Waals surface area (Å²) in [4.78, 5) is 1.05. The van der Waals surface area contributed by atoms with Gasteiger partial charge in [-0.3, -0.25) is 4.68 Å². The molecule has 0 atom stereocenters. The number of benzene rings is 1. The second-order valence-corrected chi connectivity index (χ2v) is 5.86. The van der Waals surface area contributed by atoms with Gasteiger partial charge in [0, 0.05) is 18.5 Å². The predicted octanol–water partition coefficient (Wildman–Crippen LogP) is 3.71. The second kappa shape index (κ2) is 5.26. The number of anilines is 1. The molecule has 0 spiro atoms. The van der Waals surface area contributed by atoms with E-state index >= 15 is 0 Å². The molecular formula is C16H17N3OS. The van der Waals surface area contributed by atoms with Gasteiger partial charge in [-0.1, -0.05) is 29.8 Å². The number of nitrogen functional groups attached to an aromatic ring is 1. The van der Waals surface area contributed by atoms with Crippen LogP contribution in [0.25, 0.3) is 21.7 Å². The van der Waals surface area contributed by atoms with Gasteiger partial charge in [0.25, 0.3) is 0 Å². The smallest absolute Gasteiger partial charge is 0.130 e. The summed E-state index contributed by atoms with van der Waals surface area (Å²) in [6.45, 7) is 2.07. The third-order valence-electron chi connectivity index (χ3n) is 3.44. The van der Waals surface area contributed by atoms with E-state index < -0.39 is 0 Å². The van der Waals surface area contributed by atoms with Crippen LogP contribution in [0.15, 0.2) is 35.7 Å². The molecule has 0 radical (unpaired) electrons. The first-order chi connectivity index (χ1) is 10.1. The minimum Gasteiger partial charge on any atom is -0.496 e. The number of ether oxygens (including phenoxy) is 1. The summed E-state index contributed by atoms with van der Waals surface area (Å²) < 4.78 is 6.98. The van der Waals surface area contributed by atoms with E-state index in [1.54, 1.807) is 23.1 Å². The van der Waals surface area contributed by atoms with E-state index in [0.29, 0.717) is 5.82 Å². The fourth-order valence-electron chi connectivity index (χ4n) is 2.34. The fraction of sp³-hybridized carbons (Fsp3) is 0.188. The standard InChI is InChI=1S/C16H17N3OS/c1-10-5-4-6-11(7-10)14-15(18-19(2)16(14)17)13-8-12(20-3)9-21-13/h4-9H,17H2,1-3H3. The van der Waals surface area contributed by atoms with Crippen LogP contribution in [0.3, 0.4) is 0 Å². The van der Waals surface area contributed by atoms with E-state index in [-0.39, 0.29) is 0 Å². The van der Waals surface area contributed by atoms with Crippen molar-refractivity contribution >= 4 is 17.2 Å². The van der Waals surface area contributed by atoms with Gasteiger partial charge in [0.2, 0.25) is 0 Å². The van der Waals surface area contributed by atoms with Gasteiger partial charge in [0.1, 0.15) is 17.3 Å². The van der Waals surface area contributed by atoms with Gasteiger partial charge in [0.15, 0.2) is 0 Å². The molecule has 2 heterocycles. The van der Waals surface area contributed by atoms with Crippen LogP contribution in [0, 0.1) is 6.92 Å². The van der Waals surface area contributed by atoms with Crippen LogP contribution in [0.1, 0.15) is 5.56 Å². The van der Waals surface area contributed by atoms with Gasteiger partial charge < -0.3 is 10.5 Å². The largest absolute Gasteiger partial charge is 0.496 e. The molecule has 2 N–H and O–H groups in total. The first kappa shape index (κ1) is 13.7. The lowest BCUT2D eigenvalue weighted by Gasteiger charge is -2.04. The summed E-state index contributed by atoms with van der Waals surface area (Å²) in [5, 5.41) is 6.55. The Balaban J connectivity index is 2.20. The number of nitrogens with two attached hydrogens (primary N) is 1. The number of methoxy groups -OCH3 is 1. The van der Waals surface area contributed by atoms with Crippen LogP contribution in [0.4, 0.5) is 5.82 Å². The molecule has 0 saturated carbocycles. The van der Waals surface area contributed by atoms with Crippen molar-refractivity contribution in [2.24, 2.45) is 7.05 Å². The number of hydrogen-bond donors (Lipinski definition) is 1. The van der Waals surface area contributed by atoms with Crippen molar-refractivity contribution in [3.8, 4) is 27.4 Å². The molecule has 2 aromatic heterocycles. The van der Waals surface area contributed by atoms with Gasteiger partial charge in [0.05, 0.1) is 17.6 Å². The Morgan fingerprint density at radius 2 is 2.10 bits per heavy atom. The summed E-state index contributed by atoms with van der Waals surface area (Å²) in [6, 6.07) is 10.3. The Kier molecular flexibility index (Phi) is 3.43. The lowest BCUT2D eigenvalue weighted by Crippen LogP contribution is -1.98. The SMILES string of the molecule is COc1csc(-c2nn(C)c(N)c2-c2cccc(C)c2)c1. The normalized spacial score (nSPS) is 10.8. The highest BCUT2D eigenvalue weighted by Crippen LogP contribution is 2.39. The van der Waals surface area contributed by atoms with Gasteiger partial charge >= 0.3 is 0 Å². The van der Waals surface area contributed by atoms with Crippen LogP contribution in [-0.4, -0.2) is 16.9 Å². The third-order valence-corrected chi connectivity index (χ3v) is 4.36. The summed E-state index contributed by atoms with van der Waals surface area (Å²) in [5.41, 5.74) is 10.4. The summed E-state index contributed by atoms with van der Waals surface area (Å²) in [5.74, 6) is 1.51. The first-order valence-electron chi connectivity index (χ1n) is 6.62. The lowest BCUT2D eigenvalue weighted by atomic mass is 10.0. The summed E-state index contributed by atoms with van der Waals surface area (Å²) >= 11 is 1.61. The van der Waals surface area contributed by atoms with Gasteiger partial charge in [-0.2, -0.15) is 5.10 Å². The Bertz CT molecular complexity index is 789. The van der Waals surface area contributed by atoms with Gasteiger partial charge in [-0.25, -0.2) is 0 Å². The third kappa shape index (κ3) is 2.40. The Hall–Kier alpha value is -2.27. The Labute approximate surface area is 127 Å². The minimum absolute atomic E-state index is 0.669. The maximum Gasteiger partial charge on any atom is 0.130 e. The van der Waals surface area contributed by atoms with Crippen molar-refractivity contribution in [1.82, 2.24) is 9.78 Å². The topological polar surface area (TPSA) is 53.1 Å². The molecule has 0 amide bonds. The van der Waals surface area contributed by atoms with Crippen molar-refractivity contribution in [2.75, 3.05) is 12.8 Å². The van der Waals surface area contributed by atoms with Crippen molar-refractivity contribution < 1.29 is 4.74 Å². The molecule has 0 aliphatic heterocycles. The van der Waals surface area contributed by atoms with Crippen LogP contribution in [0.5, 0.6) is 5.75 Å². The molecule has 5 heteroatoms. The van der Waals surface area contributed by atoms with Gasteiger partial charge in [-0.05, 0) is 12.5 Å². The molecule has 21 heavy (non-hydrogen) atoms. The number of aromatic nitrogens is 2. The highest BCUT2D eigenvalue weighted by atomic mass is 32.1. The molecular weight excluding hydrogens is 282 g/mol. The molecule has 0 unspecified atom stereocenters. The van der Waals surface area contributed by atoms with Crippen LogP contribution >= 0.6 is 11.3 Å². The molecule has 4 nitrogen and oxygen atoms in total. The first-order valence-corrected chi connectivity index (χ1v) is 7.50. The van der Waals surface area contributed by atoms with Crippen molar-refractivity contribution in [3.05, 3.63) is 41.3 Å². The zero-order chi connectivity index (χ0) is 15.0. The van der Waals surface area contributed by atoms with E-state index in [4.69, 9.17) is 10.5 Å². The summed E-state index contributed by atoms with van der Waals surface area (Å²) in [7, 11) is 3.53. The Morgan fingerprint density at radius 1 is 1.29 bits per heavy atom. The van der Waals surface area contributed by atoms with Crippen molar-refractivity contribution in [3.63, 3.8) is 0 Å². The molecule has 0 aliphatic carbocycles.